The number of carbonyl (C=O) groups excluding carboxylic acids is 1. The molecule has 0 bridgehead atoms. The van der Waals surface area contributed by atoms with Crippen molar-refractivity contribution in [3.63, 3.8) is 0 Å². The van der Waals surface area contributed by atoms with Crippen LogP contribution in [-0.2, 0) is 38.3 Å². The smallest absolute Gasteiger partial charge is 0.340 e. The lowest BCUT2D eigenvalue weighted by molar-refractivity contribution is -0.181. The van der Waals surface area contributed by atoms with Crippen molar-refractivity contribution in [3.05, 3.63) is 165 Å². The molecule has 1 N–H and O–H groups in total. The van der Waals surface area contributed by atoms with Gasteiger partial charge in [-0.3, -0.25) is 14.3 Å². The van der Waals surface area contributed by atoms with Gasteiger partial charge in [-0.2, -0.15) is 0 Å². The molecule has 1 saturated heterocycles. The number of nitrogens with one attached hydrogen (secondary N) is 1. The van der Waals surface area contributed by atoms with E-state index in [1.54, 1.807) is 51.7 Å². The molecule has 16 heteroatoms. The lowest BCUT2D eigenvalue weighted by Gasteiger charge is -2.40. The monoisotopic (exact) mass is 871 g/mol. The van der Waals surface area contributed by atoms with Crippen LogP contribution < -0.4 is 20.7 Å². The van der Waals surface area contributed by atoms with Crippen LogP contribution in [-0.4, -0.2) is 92.1 Å². The van der Waals surface area contributed by atoms with Gasteiger partial charge < -0.3 is 42.2 Å². The number of hydrogen-bond acceptors (Lipinski definition) is 13. The lowest BCUT2D eigenvalue weighted by atomic mass is 9.79. The van der Waals surface area contributed by atoms with E-state index in [4.69, 9.17) is 42.2 Å². The number of methoxy groups -OCH3 is 2. The van der Waals surface area contributed by atoms with Gasteiger partial charge in [-0.1, -0.05) is 72.8 Å². The van der Waals surface area contributed by atoms with Gasteiger partial charge in [0, 0.05) is 31.5 Å². The molecular weight excluding hydrogens is 817 g/mol. The number of aromatic amines is 1. The van der Waals surface area contributed by atoms with E-state index in [0.717, 1.165) is 16.7 Å². The highest BCUT2D eigenvalue weighted by Gasteiger charge is 2.53. The number of benzene rings is 4. The number of ether oxygens (including phenoxy) is 7. The van der Waals surface area contributed by atoms with Crippen molar-refractivity contribution in [2.45, 2.75) is 69.9 Å². The van der Waals surface area contributed by atoms with Crippen LogP contribution in [0.5, 0.6) is 11.5 Å². The van der Waals surface area contributed by atoms with Crippen molar-refractivity contribution in [2.75, 3.05) is 41.5 Å². The predicted molar refractivity (Wildman–Crippen MR) is 232 cm³/mol. The first-order chi connectivity index (χ1) is 30.0. The van der Waals surface area contributed by atoms with Crippen LogP contribution in [0.1, 0.15) is 61.0 Å². The number of esters is 1. The maximum atomic E-state index is 13.6. The van der Waals surface area contributed by atoms with Gasteiger partial charge in [0.15, 0.2) is 19.8 Å². The van der Waals surface area contributed by atoms with Gasteiger partial charge in [-0.25, -0.2) is 14.3 Å². The molecule has 2 heterocycles. The number of carbonyl (C=O) groups is 1. The van der Waals surface area contributed by atoms with Crippen LogP contribution in [0.2, 0.25) is 0 Å². The standard InChI is InChI=1S/C46H54N3O12P/c1-31(2)49(32(3)4)62(55-7)59-28-39-41(42(43(60-39)48-27-26-40(50)47-45(48)52)57-29-56-30-58-44(51)33-14-10-8-11-15-33)61-46(34-16-12-9-13-17-34,35-18-22-37(53-5)23-19-35)36-20-24-38(54-6)25-21-36/h8-27,31-32,39,41-43H,28-30H2,1-7H3,(H,47,50,52)/t39-,41-,42-,43-,62?/m1/s1. The molecule has 0 aliphatic carbocycles. The summed E-state index contributed by atoms with van der Waals surface area (Å²) in [5.74, 6) is 0.694. The lowest BCUT2D eigenvalue weighted by Crippen LogP contribution is -2.47. The second-order valence-corrected chi connectivity index (χ2v) is 16.4. The second-order valence-electron chi connectivity index (χ2n) is 14.8. The van der Waals surface area contributed by atoms with E-state index < -0.39 is 69.5 Å². The molecule has 0 amide bonds. The Morgan fingerprint density at radius 1 is 0.758 bits per heavy atom. The van der Waals surface area contributed by atoms with Crippen LogP contribution in [0.25, 0.3) is 0 Å². The quantitative estimate of drug-likeness (QED) is 0.0264. The highest BCUT2D eigenvalue weighted by molar-refractivity contribution is 7.44. The van der Waals surface area contributed by atoms with E-state index in [0.29, 0.717) is 17.1 Å². The Kier molecular flexibility index (Phi) is 16.2. The van der Waals surface area contributed by atoms with Crippen LogP contribution in [0, 0.1) is 0 Å². The molecule has 62 heavy (non-hydrogen) atoms. The molecule has 5 aromatic rings. The van der Waals surface area contributed by atoms with Crippen molar-refractivity contribution >= 4 is 14.5 Å². The average Bonchev–Trinajstić information content (AvgIpc) is 3.62. The third kappa shape index (κ3) is 10.7. The highest BCUT2D eigenvalue weighted by atomic mass is 31.2. The largest absolute Gasteiger partial charge is 0.497 e. The normalized spacial score (nSPS) is 18.3. The molecule has 0 radical (unpaired) electrons. The molecule has 1 fully saturated rings. The summed E-state index contributed by atoms with van der Waals surface area (Å²) >= 11 is 0. The van der Waals surface area contributed by atoms with Crippen LogP contribution in [0.4, 0.5) is 0 Å². The number of rotatable bonds is 21. The van der Waals surface area contributed by atoms with Crippen LogP contribution >= 0.6 is 8.53 Å². The minimum atomic E-state index is -1.61. The Bertz CT molecular complexity index is 2220. The van der Waals surface area contributed by atoms with Gasteiger partial charge in [0.25, 0.3) is 14.1 Å². The third-order valence-corrected chi connectivity index (χ3v) is 12.3. The predicted octanol–water partition coefficient (Wildman–Crippen LogP) is 7.01. The summed E-state index contributed by atoms with van der Waals surface area (Å²) in [5.41, 5.74) is -0.134. The van der Waals surface area contributed by atoms with E-state index in [9.17, 15) is 14.4 Å². The van der Waals surface area contributed by atoms with E-state index in [-0.39, 0.29) is 18.7 Å². The number of aromatic nitrogens is 2. The molecule has 4 aromatic carbocycles. The van der Waals surface area contributed by atoms with E-state index in [1.807, 2.05) is 78.9 Å². The van der Waals surface area contributed by atoms with Gasteiger partial charge in [0.2, 0.25) is 0 Å². The maximum Gasteiger partial charge on any atom is 0.340 e. The summed E-state index contributed by atoms with van der Waals surface area (Å²) in [6.07, 6.45) is -2.94. The first-order valence-corrected chi connectivity index (χ1v) is 21.3. The van der Waals surface area contributed by atoms with Crippen molar-refractivity contribution in [1.82, 2.24) is 14.2 Å². The first kappa shape index (κ1) is 46.3. The minimum Gasteiger partial charge on any atom is -0.497 e. The molecule has 15 nitrogen and oxygen atoms in total. The molecule has 1 aliphatic rings. The molecule has 6 rings (SSSR count). The molecular formula is C46H54N3O12P. The van der Waals surface area contributed by atoms with Crippen LogP contribution in [0.3, 0.4) is 0 Å². The minimum absolute atomic E-state index is 0.0692. The Labute approximate surface area is 362 Å². The molecule has 1 unspecified atom stereocenters. The molecule has 5 atom stereocenters. The number of H-pyrrole nitrogens is 1. The van der Waals surface area contributed by atoms with E-state index >= 15 is 0 Å². The van der Waals surface area contributed by atoms with Crippen molar-refractivity contribution in [3.8, 4) is 11.5 Å². The zero-order valence-corrected chi connectivity index (χ0v) is 36.8. The third-order valence-electron chi connectivity index (χ3n) is 10.3. The van der Waals surface area contributed by atoms with Crippen LogP contribution in [0.15, 0.2) is 131 Å². The zero-order chi connectivity index (χ0) is 44.2. The first-order valence-electron chi connectivity index (χ1n) is 20.2. The van der Waals surface area contributed by atoms with Gasteiger partial charge in [0.05, 0.1) is 26.4 Å². The molecule has 0 saturated carbocycles. The van der Waals surface area contributed by atoms with Gasteiger partial charge in [-0.15, -0.1) is 0 Å². The summed E-state index contributed by atoms with van der Waals surface area (Å²) in [4.78, 5) is 40.9. The molecule has 0 spiro atoms. The van der Waals surface area contributed by atoms with Gasteiger partial charge in [0.1, 0.15) is 35.4 Å². The van der Waals surface area contributed by atoms with Crippen molar-refractivity contribution in [1.29, 1.82) is 0 Å². The fourth-order valence-corrected chi connectivity index (χ4v) is 8.94. The Morgan fingerprint density at radius 3 is 1.85 bits per heavy atom. The number of nitrogens with zero attached hydrogens (tertiary/aromatic N) is 2. The highest BCUT2D eigenvalue weighted by Crippen LogP contribution is 2.49. The Balaban J connectivity index is 1.47. The van der Waals surface area contributed by atoms with Crippen molar-refractivity contribution in [2.24, 2.45) is 0 Å². The molecule has 330 valence electrons. The van der Waals surface area contributed by atoms with E-state index in [1.165, 1.54) is 16.8 Å². The zero-order valence-electron chi connectivity index (χ0n) is 35.9. The Morgan fingerprint density at radius 2 is 1.32 bits per heavy atom. The SMILES string of the molecule is COc1ccc(C(O[C@H]2[C@@H](OCOCOC(=O)c3ccccc3)[C@H](n3ccc(=O)[nH]c3=O)O[C@@H]2COP(OC)N(C(C)C)C(C)C)(c2ccccc2)c2ccc(OC)cc2)cc1. The number of hydrogen-bond donors (Lipinski definition) is 1. The molecule has 1 aromatic heterocycles. The fourth-order valence-electron chi connectivity index (χ4n) is 7.48. The second kappa shape index (κ2) is 21.7. The summed E-state index contributed by atoms with van der Waals surface area (Å²) < 4.78 is 59.1. The van der Waals surface area contributed by atoms with Gasteiger partial charge >= 0.3 is 11.7 Å². The van der Waals surface area contributed by atoms with Gasteiger partial charge in [-0.05, 0) is 80.8 Å². The summed E-state index contributed by atoms with van der Waals surface area (Å²) in [6.45, 7) is 7.33. The fraction of sp³-hybridized carbons (Fsp3) is 0.370. The topological polar surface area (TPSA) is 158 Å². The summed E-state index contributed by atoms with van der Waals surface area (Å²) in [6, 6.07) is 34.7. The molecule has 1 aliphatic heterocycles. The van der Waals surface area contributed by atoms with Crippen molar-refractivity contribution < 1.29 is 47.0 Å². The summed E-state index contributed by atoms with van der Waals surface area (Å²) in [5, 5.41) is 0. The maximum absolute atomic E-state index is 13.6. The average molecular weight is 872 g/mol. The summed E-state index contributed by atoms with van der Waals surface area (Å²) in [7, 11) is 3.18. The van der Waals surface area contributed by atoms with E-state index in [2.05, 4.69) is 37.3 Å². The Hall–Kier alpha value is -5.22.